The van der Waals surface area contributed by atoms with Gasteiger partial charge in [-0.25, -0.2) is 4.79 Å². The fourth-order valence-corrected chi connectivity index (χ4v) is 6.20. The molecule has 0 radical (unpaired) electrons. The minimum absolute atomic E-state index is 0.0953. The summed E-state index contributed by atoms with van der Waals surface area (Å²) in [6, 6.07) is 14.6. The maximum atomic E-state index is 13.8. The number of thioether (sulfide) groups is 1. The Labute approximate surface area is 264 Å². The number of amides is 4. The van der Waals surface area contributed by atoms with E-state index in [2.05, 4.69) is 16.0 Å². The van der Waals surface area contributed by atoms with Gasteiger partial charge in [-0.05, 0) is 71.6 Å². The standard InChI is InChI=1S/C33H46N4O6S/c1-21-13-11-12-16-24(21)19-34-29(40)28-33(6,7)44-20-37(28)30(41)27(39)25(18-23-14-9-8-10-15-23)36-26(38)17-22(2)35-31(42)43-32(3,4)5/h8-16,22,25,27-28,39H,17-20H2,1-7H3,(H,34,40)(H,35,42)(H,36,38). The van der Waals surface area contributed by atoms with Crippen LogP contribution in [-0.2, 0) is 32.1 Å². The Morgan fingerprint density at radius 1 is 1.05 bits per heavy atom. The normalized spacial score (nSPS) is 18.1. The molecule has 0 saturated carbocycles. The third-order valence-electron chi connectivity index (χ3n) is 7.33. The van der Waals surface area contributed by atoms with E-state index in [0.717, 1.165) is 16.7 Å². The quantitative estimate of drug-likeness (QED) is 0.299. The van der Waals surface area contributed by atoms with E-state index >= 15 is 0 Å². The Hall–Kier alpha value is -3.57. The Bertz CT molecular complexity index is 1310. The van der Waals surface area contributed by atoms with Crippen molar-refractivity contribution in [1.29, 1.82) is 0 Å². The van der Waals surface area contributed by atoms with Gasteiger partial charge in [0, 0.05) is 23.8 Å². The Morgan fingerprint density at radius 2 is 1.68 bits per heavy atom. The number of benzene rings is 2. The number of carbonyl (C=O) groups excluding carboxylic acids is 4. The highest BCUT2D eigenvalue weighted by atomic mass is 32.2. The maximum Gasteiger partial charge on any atom is 0.407 e. The van der Waals surface area contributed by atoms with Crippen molar-refractivity contribution < 1.29 is 29.0 Å². The minimum atomic E-state index is -1.62. The van der Waals surface area contributed by atoms with Crippen LogP contribution in [-0.4, -0.2) is 74.3 Å². The summed E-state index contributed by atoms with van der Waals surface area (Å²) in [7, 11) is 0. The molecule has 2 aromatic carbocycles. The summed E-state index contributed by atoms with van der Waals surface area (Å²) < 4.78 is 4.66. The smallest absolute Gasteiger partial charge is 0.407 e. The number of hydrogen-bond donors (Lipinski definition) is 4. The molecule has 0 aromatic heterocycles. The predicted octanol–water partition coefficient (Wildman–Crippen LogP) is 3.68. The minimum Gasteiger partial charge on any atom is -0.444 e. The summed E-state index contributed by atoms with van der Waals surface area (Å²) in [6.07, 6.45) is -2.17. The highest BCUT2D eigenvalue weighted by molar-refractivity contribution is 8.00. The fourth-order valence-electron chi connectivity index (χ4n) is 5.06. The van der Waals surface area contributed by atoms with Crippen molar-refractivity contribution in [2.75, 3.05) is 5.88 Å². The van der Waals surface area contributed by atoms with Crippen LogP contribution >= 0.6 is 11.8 Å². The van der Waals surface area contributed by atoms with Gasteiger partial charge in [0.1, 0.15) is 11.6 Å². The monoisotopic (exact) mass is 626 g/mol. The molecule has 3 rings (SSSR count). The summed E-state index contributed by atoms with van der Waals surface area (Å²) in [4.78, 5) is 54.0. The highest BCUT2D eigenvalue weighted by Crippen LogP contribution is 2.40. The summed E-state index contributed by atoms with van der Waals surface area (Å²) in [5, 5.41) is 19.8. The van der Waals surface area contributed by atoms with Gasteiger partial charge in [-0.2, -0.15) is 0 Å². The highest BCUT2D eigenvalue weighted by Gasteiger charge is 2.49. The lowest BCUT2D eigenvalue weighted by atomic mass is 9.97. The summed E-state index contributed by atoms with van der Waals surface area (Å²) in [5.74, 6) is -1.19. The first-order chi connectivity index (χ1) is 20.6. The number of aliphatic hydroxyl groups is 1. The number of rotatable bonds is 11. The number of ether oxygens (including phenoxy) is 1. The number of alkyl carbamates (subject to hydrolysis) is 1. The molecule has 4 atom stereocenters. The van der Waals surface area contributed by atoms with Crippen molar-refractivity contribution in [2.24, 2.45) is 0 Å². The SMILES string of the molecule is Cc1ccccc1CNC(=O)C1N(C(=O)C(O)C(Cc2ccccc2)NC(=O)CC(C)NC(=O)OC(C)(C)C)CSC1(C)C. The average molecular weight is 627 g/mol. The van der Waals surface area contributed by atoms with Crippen LogP contribution in [0.3, 0.4) is 0 Å². The predicted molar refractivity (Wildman–Crippen MR) is 172 cm³/mol. The first-order valence-electron chi connectivity index (χ1n) is 14.8. The Morgan fingerprint density at radius 3 is 2.32 bits per heavy atom. The van der Waals surface area contributed by atoms with Crippen molar-refractivity contribution in [3.8, 4) is 0 Å². The number of nitrogens with zero attached hydrogens (tertiary/aromatic N) is 1. The lowest BCUT2D eigenvalue weighted by Crippen LogP contribution is -2.58. The lowest BCUT2D eigenvalue weighted by molar-refractivity contribution is -0.147. The molecule has 0 bridgehead atoms. The molecule has 4 unspecified atom stereocenters. The molecule has 11 heteroatoms. The molecule has 240 valence electrons. The molecular formula is C33H46N4O6S. The van der Waals surface area contributed by atoms with Crippen molar-refractivity contribution >= 4 is 35.6 Å². The van der Waals surface area contributed by atoms with Crippen molar-refractivity contribution in [3.63, 3.8) is 0 Å². The molecule has 0 aliphatic carbocycles. The zero-order chi connectivity index (χ0) is 32.7. The number of aliphatic hydroxyl groups excluding tert-OH is 1. The summed E-state index contributed by atoms with van der Waals surface area (Å²) in [6.45, 7) is 13.0. The fraction of sp³-hybridized carbons (Fsp3) is 0.515. The Kier molecular flexibility index (Phi) is 11.9. The van der Waals surface area contributed by atoms with E-state index < -0.39 is 52.5 Å². The number of nitrogens with one attached hydrogen (secondary N) is 3. The first-order valence-corrected chi connectivity index (χ1v) is 15.8. The third kappa shape index (κ3) is 9.99. The van der Waals surface area contributed by atoms with Gasteiger partial charge in [0.05, 0.1) is 11.9 Å². The van der Waals surface area contributed by atoms with Crippen molar-refractivity contribution in [1.82, 2.24) is 20.9 Å². The van der Waals surface area contributed by atoms with Crippen molar-refractivity contribution in [3.05, 3.63) is 71.3 Å². The second-order valence-corrected chi connectivity index (χ2v) is 14.4. The molecule has 1 aliphatic rings. The van der Waals surface area contributed by atoms with E-state index in [9.17, 15) is 24.3 Å². The van der Waals surface area contributed by atoms with Gasteiger partial charge in [0.25, 0.3) is 5.91 Å². The number of carbonyl (C=O) groups is 4. The van der Waals surface area contributed by atoms with E-state index in [1.54, 1.807) is 27.7 Å². The summed E-state index contributed by atoms with van der Waals surface area (Å²) in [5.41, 5.74) is 2.15. The van der Waals surface area contributed by atoms with E-state index in [4.69, 9.17) is 4.74 Å². The number of aryl methyl sites for hydroxylation is 1. The molecule has 4 amide bonds. The van der Waals surface area contributed by atoms with E-state index in [1.165, 1.54) is 16.7 Å². The second kappa shape index (κ2) is 14.9. The van der Waals surface area contributed by atoms with Gasteiger partial charge in [-0.15, -0.1) is 11.8 Å². The molecule has 2 aromatic rings. The van der Waals surface area contributed by atoms with Crippen LogP contribution in [0.2, 0.25) is 0 Å². The molecule has 1 heterocycles. The van der Waals surface area contributed by atoms with Crippen molar-refractivity contribution in [2.45, 2.75) is 102 Å². The first kappa shape index (κ1) is 34.9. The molecule has 0 spiro atoms. The molecule has 10 nitrogen and oxygen atoms in total. The molecule has 1 aliphatic heterocycles. The van der Waals surface area contributed by atoms with Gasteiger partial charge in [0.15, 0.2) is 6.10 Å². The van der Waals surface area contributed by atoms with Gasteiger partial charge in [0.2, 0.25) is 11.8 Å². The van der Waals surface area contributed by atoms with Crippen LogP contribution in [0.1, 0.15) is 64.7 Å². The molecule has 1 fully saturated rings. The topological polar surface area (TPSA) is 137 Å². The molecular weight excluding hydrogens is 580 g/mol. The number of hydrogen-bond acceptors (Lipinski definition) is 7. The summed E-state index contributed by atoms with van der Waals surface area (Å²) >= 11 is 1.46. The molecule has 1 saturated heterocycles. The van der Waals surface area contributed by atoms with Crippen LogP contribution in [0, 0.1) is 6.92 Å². The Balaban J connectivity index is 1.74. The maximum absolute atomic E-state index is 13.8. The second-order valence-electron chi connectivity index (χ2n) is 12.8. The van der Waals surface area contributed by atoms with E-state index in [0.29, 0.717) is 6.54 Å². The average Bonchev–Trinajstić information content (AvgIpc) is 3.25. The van der Waals surface area contributed by atoms with Crippen LogP contribution in [0.4, 0.5) is 4.79 Å². The van der Waals surface area contributed by atoms with Gasteiger partial charge in [-0.1, -0.05) is 54.6 Å². The van der Waals surface area contributed by atoms with Gasteiger partial charge in [-0.3, -0.25) is 14.4 Å². The molecule has 44 heavy (non-hydrogen) atoms. The largest absolute Gasteiger partial charge is 0.444 e. The van der Waals surface area contributed by atoms with Crippen LogP contribution in [0.15, 0.2) is 54.6 Å². The van der Waals surface area contributed by atoms with Crippen LogP contribution in [0.25, 0.3) is 0 Å². The third-order valence-corrected chi connectivity index (χ3v) is 8.70. The van der Waals surface area contributed by atoms with Gasteiger partial charge < -0.3 is 30.7 Å². The van der Waals surface area contributed by atoms with Crippen LogP contribution < -0.4 is 16.0 Å². The van der Waals surface area contributed by atoms with Gasteiger partial charge >= 0.3 is 6.09 Å². The van der Waals surface area contributed by atoms with Crippen LogP contribution in [0.5, 0.6) is 0 Å². The lowest BCUT2D eigenvalue weighted by Gasteiger charge is -2.33. The van der Waals surface area contributed by atoms with E-state index in [-0.39, 0.29) is 24.6 Å². The molecule has 4 N–H and O–H groups in total. The zero-order valence-electron chi connectivity index (χ0n) is 26.7. The van der Waals surface area contributed by atoms with E-state index in [1.807, 2.05) is 75.4 Å². The zero-order valence-corrected chi connectivity index (χ0v) is 27.5.